The van der Waals surface area contributed by atoms with Gasteiger partial charge in [-0.2, -0.15) is 0 Å². The number of amides is 1. The van der Waals surface area contributed by atoms with Crippen LogP contribution in [0.15, 0.2) is 60.7 Å². The number of ether oxygens (including phenoxy) is 1. The quantitative estimate of drug-likeness (QED) is 0.410. The highest BCUT2D eigenvalue weighted by Crippen LogP contribution is 2.57. The molecule has 1 N–H and O–H groups in total. The van der Waals surface area contributed by atoms with Crippen LogP contribution in [0.1, 0.15) is 71.4 Å². The van der Waals surface area contributed by atoms with Crippen molar-refractivity contribution in [1.29, 1.82) is 0 Å². The Morgan fingerprint density at radius 1 is 1.03 bits per heavy atom. The molecule has 1 spiro atoms. The third kappa shape index (κ3) is 4.16. The zero-order chi connectivity index (χ0) is 25.8. The number of hydrogen-bond acceptors (Lipinski definition) is 4. The SMILES string of the molecule is CCOC(=O)c1ccc(C2(NC(=O)c3cccc4c3N(Cc3ccc(F)cc3F)CC43CC3)CC2)cc1.[HH]. The van der Waals surface area contributed by atoms with Gasteiger partial charge in [-0.3, -0.25) is 4.79 Å². The number of esters is 1. The number of anilines is 1. The molecule has 2 fully saturated rings. The van der Waals surface area contributed by atoms with Crippen LogP contribution in [0.3, 0.4) is 0 Å². The first-order valence-corrected chi connectivity index (χ1v) is 12.8. The van der Waals surface area contributed by atoms with Crippen LogP contribution in [0.2, 0.25) is 0 Å². The predicted molar refractivity (Wildman–Crippen MR) is 138 cm³/mol. The Morgan fingerprint density at radius 3 is 2.43 bits per heavy atom. The maximum Gasteiger partial charge on any atom is 0.338 e. The van der Waals surface area contributed by atoms with E-state index in [1.807, 2.05) is 24.3 Å². The number of carbonyl (C=O) groups is 2. The van der Waals surface area contributed by atoms with Crippen LogP contribution >= 0.6 is 0 Å². The molecule has 0 unspecified atom stereocenters. The summed E-state index contributed by atoms with van der Waals surface area (Å²) in [6.45, 7) is 3.06. The van der Waals surface area contributed by atoms with E-state index in [1.165, 1.54) is 12.1 Å². The predicted octanol–water partition coefficient (Wildman–Crippen LogP) is 5.86. The summed E-state index contributed by atoms with van der Waals surface area (Å²) in [5.41, 5.74) is 3.90. The Hall–Kier alpha value is -3.74. The average Bonchev–Trinajstić information content (AvgIpc) is 3.81. The molecule has 1 aliphatic heterocycles. The second-order valence-electron chi connectivity index (χ2n) is 10.4. The highest BCUT2D eigenvalue weighted by molar-refractivity contribution is 6.02. The summed E-state index contributed by atoms with van der Waals surface area (Å²) in [5.74, 6) is -1.73. The van der Waals surface area contributed by atoms with E-state index in [0.717, 1.165) is 48.6 Å². The van der Waals surface area contributed by atoms with Gasteiger partial charge in [-0.15, -0.1) is 0 Å². The standard InChI is InChI=1S/C30H28F2N2O3.H2/c1-2-37-28(36)19-6-9-21(10-7-19)30(14-15-30)33-27(35)23-4-3-5-24-26(23)34(18-29(24)12-13-29)17-20-8-11-22(31)16-25(20)32;/h3-11,16H,2,12-15,17-18H2,1H3,(H,33,35);1H. The molecule has 192 valence electrons. The lowest BCUT2D eigenvalue weighted by Crippen LogP contribution is -2.36. The lowest BCUT2D eigenvalue weighted by atomic mass is 9.96. The van der Waals surface area contributed by atoms with Crippen molar-refractivity contribution < 1.29 is 24.5 Å². The van der Waals surface area contributed by atoms with E-state index < -0.39 is 17.2 Å². The van der Waals surface area contributed by atoms with Crippen LogP contribution in [0.4, 0.5) is 14.5 Å². The molecule has 2 saturated carbocycles. The van der Waals surface area contributed by atoms with Crippen LogP contribution in [0.25, 0.3) is 0 Å². The van der Waals surface area contributed by atoms with Crippen molar-refractivity contribution >= 4 is 17.6 Å². The zero-order valence-corrected chi connectivity index (χ0v) is 20.7. The second kappa shape index (κ2) is 8.68. The molecule has 6 rings (SSSR count). The molecule has 3 aromatic carbocycles. The number of para-hydroxylation sites is 1. The van der Waals surface area contributed by atoms with Gasteiger partial charge in [0.25, 0.3) is 5.91 Å². The molecule has 1 heterocycles. The number of fused-ring (bicyclic) bond motifs is 2. The number of nitrogens with one attached hydrogen (secondary N) is 1. The number of benzene rings is 3. The molecular weight excluding hydrogens is 474 g/mol. The highest BCUT2D eigenvalue weighted by Gasteiger charge is 2.53. The first-order chi connectivity index (χ1) is 17.8. The number of rotatable bonds is 7. The van der Waals surface area contributed by atoms with E-state index in [2.05, 4.69) is 16.3 Å². The Morgan fingerprint density at radius 2 is 1.78 bits per heavy atom. The van der Waals surface area contributed by atoms with Gasteiger partial charge in [0.1, 0.15) is 11.6 Å². The lowest BCUT2D eigenvalue weighted by Gasteiger charge is -2.24. The minimum atomic E-state index is -0.605. The molecule has 0 bridgehead atoms. The Bertz CT molecular complexity index is 1400. The maximum absolute atomic E-state index is 14.5. The summed E-state index contributed by atoms with van der Waals surface area (Å²) in [5, 5.41) is 3.25. The minimum absolute atomic E-state index is 0. The fourth-order valence-electron chi connectivity index (χ4n) is 5.63. The second-order valence-corrected chi connectivity index (χ2v) is 10.4. The van der Waals surface area contributed by atoms with Gasteiger partial charge in [-0.05, 0) is 68.0 Å². The van der Waals surface area contributed by atoms with Gasteiger partial charge >= 0.3 is 5.97 Å². The van der Waals surface area contributed by atoms with Crippen molar-refractivity contribution in [2.75, 3.05) is 18.1 Å². The van der Waals surface area contributed by atoms with Crippen molar-refractivity contribution in [2.45, 2.75) is 50.1 Å². The molecule has 0 aromatic heterocycles. The summed E-state index contributed by atoms with van der Waals surface area (Å²) in [6, 6.07) is 16.7. The topological polar surface area (TPSA) is 58.6 Å². The number of carbonyl (C=O) groups excluding carboxylic acids is 2. The highest BCUT2D eigenvalue weighted by atomic mass is 19.1. The van der Waals surface area contributed by atoms with Gasteiger partial charge < -0.3 is 15.0 Å². The first kappa shape index (κ1) is 23.6. The molecule has 3 aliphatic rings. The minimum Gasteiger partial charge on any atom is -0.462 e. The van der Waals surface area contributed by atoms with Crippen LogP contribution in [0, 0.1) is 11.6 Å². The lowest BCUT2D eigenvalue weighted by molar-refractivity contribution is 0.0526. The molecule has 0 radical (unpaired) electrons. The zero-order valence-electron chi connectivity index (χ0n) is 20.7. The van der Waals surface area contributed by atoms with Crippen LogP contribution in [0.5, 0.6) is 0 Å². The third-order valence-corrected chi connectivity index (χ3v) is 7.94. The molecule has 0 atom stereocenters. The Balaban J connectivity index is 0.00000294. The molecular formula is C30H30F2N2O3. The van der Waals surface area contributed by atoms with Crippen molar-refractivity contribution in [1.82, 2.24) is 5.32 Å². The average molecular weight is 505 g/mol. The van der Waals surface area contributed by atoms with E-state index >= 15 is 0 Å². The molecule has 37 heavy (non-hydrogen) atoms. The van der Waals surface area contributed by atoms with Crippen LogP contribution in [-0.2, 0) is 22.2 Å². The summed E-state index contributed by atoms with van der Waals surface area (Å²) < 4.78 is 33.1. The largest absolute Gasteiger partial charge is 0.462 e. The van der Waals surface area contributed by atoms with Gasteiger partial charge in [0.05, 0.1) is 29.0 Å². The molecule has 5 nitrogen and oxygen atoms in total. The maximum atomic E-state index is 14.5. The fourth-order valence-corrected chi connectivity index (χ4v) is 5.63. The fraction of sp³-hybridized carbons (Fsp3) is 0.333. The summed E-state index contributed by atoms with van der Waals surface area (Å²) in [6.07, 6.45) is 3.68. The molecule has 0 saturated heterocycles. The van der Waals surface area contributed by atoms with Gasteiger partial charge in [-0.1, -0.05) is 30.3 Å². The van der Waals surface area contributed by atoms with E-state index in [1.54, 1.807) is 19.1 Å². The number of hydrogen-bond donors (Lipinski definition) is 1. The molecule has 1 amide bonds. The molecule has 3 aromatic rings. The summed E-state index contributed by atoms with van der Waals surface area (Å²) in [7, 11) is 0. The monoisotopic (exact) mass is 504 g/mol. The van der Waals surface area contributed by atoms with E-state index in [9.17, 15) is 18.4 Å². The molecule has 7 heteroatoms. The van der Waals surface area contributed by atoms with Gasteiger partial charge in [0.15, 0.2) is 0 Å². The summed E-state index contributed by atoms with van der Waals surface area (Å²) >= 11 is 0. The van der Waals surface area contributed by atoms with E-state index in [0.29, 0.717) is 29.8 Å². The Kier molecular flexibility index (Phi) is 5.55. The molecule has 2 aliphatic carbocycles. The van der Waals surface area contributed by atoms with E-state index in [-0.39, 0.29) is 25.3 Å². The van der Waals surface area contributed by atoms with Crippen molar-refractivity contribution in [3.63, 3.8) is 0 Å². The van der Waals surface area contributed by atoms with Gasteiger partial charge in [0, 0.05) is 31.6 Å². The normalized spacial score (nSPS) is 17.9. The van der Waals surface area contributed by atoms with Crippen LogP contribution in [-0.4, -0.2) is 25.0 Å². The van der Waals surface area contributed by atoms with Crippen molar-refractivity contribution in [2.24, 2.45) is 0 Å². The van der Waals surface area contributed by atoms with Crippen molar-refractivity contribution in [3.8, 4) is 0 Å². The summed E-state index contributed by atoms with van der Waals surface area (Å²) in [4.78, 5) is 27.8. The Labute approximate surface area is 215 Å². The van der Waals surface area contributed by atoms with Gasteiger partial charge in [0.2, 0.25) is 0 Å². The number of halogens is 2. The smallest absolute Gasteiger partial charge is 0.338 e. The third-order valence-electron chi connectivity index (χ3n) is 7.94. The van der Waals surface area contributed by atoms with Crippen molar-refractivity contribution in [3.05, 3.63) is 100 Å². The first-order valence-electron chi connectivity index (χ1n) is 12.8. The van der Waals surface area contributed by atoms with E-state index in [4.69, 9.17) is 4.74 Å². The van der Waals surface area contributed by atoms with Gasteiger partial charge in [-0.25, -0.2) is 13.6 Å². The number of nitrogens with zero attached hydrogens (tertiary/aromatic N) is 1. The van der Waals surface area contributed by atoms with Crippen LogP contribution < -0.4 is 10.2 Å².